The van der Waals surface area contributed by atoms with Gasteiger partial charge in [-0.3, -0.25) is 4.79 Å². The van der Waals surface area contributed by atoms with Gasteiger partial charge < -0.3 is 9.47 Å². The van der Waals surface area contributed by atoms with Gasteiger partial charge in [0.25, 0.3) is 0 Å². The second-order valence-electron chi connectivity index (χ2n) is 4.75. The summed E-state index contributed by atoms with van der Waals surface area (Å²) in [7, 11) is 0. The maximum absolute atomic E-state index is 11.6. The fourth-order valence-corrected chi connectivity index (χ4v) is 2.25. The van der Waals surface area contributed by atoms with Crippen LogP contribution in [0.25, 0.3) is 0 Å². The number of esters is 1. The van der Waals surface area contributed by atoms with Gasteiger partial charge in [0.2, 0.25) is 0 Å². The van der Waals surface area contributed by atoms with Gasteiger partial charge in [-0.2, -0.15) is 12.6 Å². The average molecular weight is 310 g/mol. The van der Waals surface area contributed by atoms with Crippen LogP contribution < -0.4 is 0 Å². The van der Waals surface area contributed by atoms with E-state index in [4.69, 9.17) is 4.74 Å². The zero-order chi connectivity index (χ0) is 15.5. The van der Waals surface area contributed by atoms with Crippen LogP contribution in [0.3, 0.4) is 0 Å². The highest BCUT2D eigenvalue weighted by molar-refractivity contribution is 7.80. The van der Waals surface area contributed by atoms with Crippen molar-refractivity contribution in [3.63, 3.8) is 0 Å². The minimum Gasteiger partial charge on any atom is -0.434 e. The van der Waals surface area contributed by atoms with Gasteiger partial charge in [0.15, 0.2) is 0 Å². The number of hydrogen-bond donors (Lipinski definition) is 1. The van der Waals surface area contributed by atoms with Crippen LogP contribution in [0, 0.1) is 0 Å². The Hall–Kier alpha value is -1.49. The molecule has 0 fully saturated rings. The lowest BCUT2D eigenvalue weighted by molar-refractivity contribution is -0.140. The molecule has 0 aromatic heterocycles. The SMILES string of the molecule is CCCCOC(=O)OC(=O)CCC(CS)c1ccccc1. The van der Waals surface area contributed by atoms with E-state index in [1.54, 1.807) is 0 Å². The molecule has 0 amide bonds. The van der Waals surface area contributed by atoms with Crippen molar-refractivity contribution in [3.8, 4) is 0 Å². The van der Waals surface area contributed by atoms with Crippen molar-refractivity contribution in [1.82, 2.24) is 0 Å². The number of benzene rings is 1. The van der Waals surface area contributed by atoms with Crippen molar-refractivity contribution in [3.05, 3.63) is 35.9 Å². The predicted octanol–water partition coefficient (Wildman–Crippen LogP) is 3.96. The first-order valence-corrected chi connectivity index (χ1v) is 7.83. The molecule has 0 saturated carbocycles. The first kappa shape index (κ1) is 17.6. The number of carbonyl (C=O) groups excluding carboxylic acids is 2. The van der Waals surface area contributed by atoms with Gasteiger partial charge in [0.05, 0.1) is 6.61 Å². The van der Waals surface area contributed by atoms with Gasteiger partial charge >= 0.3 is 12.1 Å². The molecule has 0 N–H and O–H groups in total. The number of unbranched alkanes of at least 4 members (excludes halogenated alkanes) is 1. The molecule has 0 aliphatic heterocycles. The summed E-state index contributed by atoms with van der Waals surface area (Å²) in [6.45, 7) is 2.27. The molecule has 4 nitrogen and oxygen atoms in total. The molecule has 1 rings (SSSR count). The molecule has 1 aromatic rings. The maximum Gasteiger partial charge on any atom is 0.516 e. The molecule has 1 aromatic carbocycles. The lowest BCUT2D eigenvalue weighted by Crippen LogP contribution is -2.15. The largest absolute Gasteiger partial charge is 0.516 e. The topological polar surface area (TPSA) is 52.6 Å². The van der Waals surface area contributed by atoms with Crippen LogP contribution in [-0.2, 0) is 14.3 Å². The molecule has 1 atom stereocenters. The summed E-state index contributed by atoms with van der Waals surface area (Å²) in [4.78, 5) is 22.8. The molecule has 5 heteroatoms. The number of rotatable bonds is 8. The quantitative estimate of drug-likeness (QED) is 0.342. The molecule has 0 radical (unpaired) electrons. The number of thiol groups is 1. The van der Waals surface area contributed by atoms with Gasteiger partial charge in [-0.1, -0.05) is 43.7 Å². The molecule has 0 spiro atoms. The first-order chi connectivity index (χ1) is 10.2. The zero-order valence-electron chi connectivity index (χ0n) is 12.3. The predicted molar refractivity (Wildman–Crippen MR) is 84.6 cm³/mol. The number of carbonyl (C=O) groups is 2. The van der Waals surface area contributed by atoms with Crippen LogP contribution in [0.15, 0.2) is 30.3 Å². The third-order valence-electron chi connectivity index (χ3n) is 3.10. The Labute approximate surface area is 131 Å². The van der Waals surface area contributed by atoms with Crippen molar-refractivity contribution in [2.45, 2.75) is 38.5 Å². The Kier molecular flexibility index (Phi) is 8.59. The van der Waals surface area contributed by atoms with Crippen molar-refractivity contribution in [2.75, 3.05) is 12.4 Å². The van der Waals surface area contributed by atoms with Crippen LogP contribution in [-0.4, -0.2) is 24.5 Å². The summed E-state index contributed by atoms with van der Waals surface area (Å²) in [6, 6.07) is 9.86. The van der Waals surface area contributed by atoms with Crippen LogP contribution in [0.5, 0.6) is 0 Å². The first-order valence-electron chi connectivity index (χ1n) is 7.20. The monoisotopic (exact) mass is 310 g/mol. The van der Waals surface area contributed by atoms with Crippen molar-refractivity contribution in [2.24, 2.45) is 0 Å². The standard InChI is InChI=1S/C16H22O4S/c1-2-3-11-19-16(18)20-15(17)10-9-14(12-21)13-7-5-4-6-8-13/h4-8,14,21H,2-3,9-12H2,1H3. The number of ether oxygens (including phenoxy) is 2. The normalized spacial score (nSPS) is 11.7. The molecule has 0 aliphatic carbocycles. The summed E-state index contributed by atoms with van der Waals surface area (Å²) in [5.74, 6) is 0.246. The van der Waals surface area contributed by atoms with Gasteiger partial charge in [-0.25, -0.2) is 4.79 Å². The summed E-state index contributed by atoms with van der Waals surface area (Å²) < 4.78 is 9.38. The van der Waals surface area contributed by atoms with E-state index in [0.717, 1.165) is 18.4 Å². The fraction of sp³-hybridized carbons (Fsp3) is 0.500. The lowest BCUT2D eigenvalue weighted by Gasteiger charge is -2.14. The highest BCUT2D eigenvalue weighted by atomic mass is 32.1. The molecule has 1 unspecified atom stereocenters. The van der Waals surface area contributed by atoms with E-state index >= 15 is 0 Å². The van der Waals surface area contributed by atoms with Gasteiger partial charge in [0.1, 0.15) is 0 Å². The van der Waals surface area contributed by atoms with E-state index in [-0.39, 0.29) is 18.9 Å². The van der Waals surface area contributed by atoms with Crippen molar-refractivity contribution >= 4 is 24.8 Å². The van der Waals surface area contributed by atoms with Crippen molar-refractivity contribution < 1.29 is 19.1 Å². The molecule has 0 saturated heterocycles. The second kappa shape index (κ2) is 10.3. The molecule has 0 heterocycles. The molecule has 116 valence electrons. The zero-order valence-corrected chi connectivity index (χ0v) is 13.2. The Morgan fingerprint density at radius 1 is 1.24 bits per heavy atom. The smallest absolute Gasteiger partial charge is 0.434 e. The number of hydrogen-bond acceptors (Lipinski definition) is 5. The summed E-state index contributed by atoms with van der Waals surface area (Å²) >= 11 is 4.31. The molecule has 0 bridgehead atoms. The van der Waals surface area contributed by atoms with Gasteiger partial charge in [0, 0.05) is 6.42 Å². The van der Waals surface area contributed by atoms with E-state index in [1.807, 2.05) is 37.3 Å². The fourth-order valence-electron chi connectivity index (χ4n) is 1.85. The van der Waals surface area contributed by atoms with Crippen LogP contribution in [0.4, 0.5) is 4.79 Å². The second-order valence-corrected chi connectivity index (χ2v) is 5.12. The van der Waals surface area contributed by atoms with Crippen LogP contribution >= 0.6 is 12.6 Å². The summed E-state index contributed by atoms with van der Waals surface area (Å²) in [5.41, 5.74) is 1.13. The highest BCUT2D eigenvalue weighted by Crippen LogP contribution is 2.22. The summed E-state index contributed by atoms with van der Waals surface area (Å²) in [6.07, 6.45) is 1.54. The average Bonchev–Trinajstić information content (AvgIpc) is 2.49. The van der Waals surface area contributed by atoms with E-state index in [9.17, 15) is 9.59 Å². The molecular formula is C16H22O4S. The van der Waals surface area contributed by atoms with E-state index in [1.165, 1.54) is 0 Å². The Morgan fingerprint density at radius 2 is 1.95 bits per heavy atom. The van der Waals surface area contributed by atoms with Crippen LogP contribution in [0.1, 0.15) is 44.1 Å². The van der Waals surface area contributed by atoms with E-state index < -0.39 is 12.1 Å². The van der Waals surface area contributed by atoms with Crippen molar-refractivity contribution in [1.29, 1.82) is 0 Å². The third kappa shape index (κ3) is 7.18. The van der Waals surface area contributed by atoms with E-state index in [0.29, 0.717) is 12.2 Å². The summed E-state index contributed by atoms with van der Waals surface area (Å²) in [5, 5.41) is 0. The Morgan fingerprint density at radius 3 is 2.57 bits per heavy atom. The lowest BCUT2D eigenvalue weighted by atomic mass is 9.96. The van der Waals surface area contributed by atoms with Crippen LogP contribution in [0.2, 0.25) is 0 Å². The van der Waals surface area contributed by atoms with Gasteiger partial charge in [-0.15, -0.1) is 0 Å². The Bertz CT molecular complexity index is 433. The molecular weight excluding hydrogens is 288 g/mol. The molecule has 21 heavy (non-hydrogen) atoms. The third-order valence-corrected chi connectivity index (χ3v) is 3.54. The van der Waals surface area contributed by atoms with Gasteiger partial charge in [-0.05, 0) is 30.1 Å². The maximum atomic E-state index is 11.6. The highest BCUT2D eigenvalue weighted by Gasteiger charge is 2.15. The Balaban J connectivity index is 2.32. The minimum absolute atomic E-state index is 0.165. The molecule has 0 aliphatic rings. The minimum atomic E-state index is -0.907. The van der Waals surface area contributed by atoms with E-state index in [2.05, 4.69) is 17.4 Å².